The van der Waals surface area contributed by atoms with E-state index in [9.17, 15) is 4.79 Å². The number of fused-ring (bicyclic) bond motifs is 2. The summed E-state index contributed by atoms with van der Waals surface area (Å²) in [5.74, 6) is 1.41. The van der Waals surface area contributed by atoms with Crippen molar-refractivity contribution >= 4 is 5.91 Å². The third-order valence-corrected chi connectivity index (χ3v) is 5.19. The number of aryl methyl sites for hydroxylation is 1. The van der Waals surface area contributed by atoms with E-state index in [1.165, 1.54) is 24.8 Å². The molecule has 2 bridgehead atoms. The Morgan fingerprint density at radius 3 is 2.48 bits per heavy atom. The molecule has 3 rings (SSSR count). The van der Waals surface area contributed by atoms with Crippen molar-refractivity contribution in [3.05, 3.63) is 35.9 Å². The molecule has 0 aliphatic heterocycles. The van der Waals surface area contributed by atoms with Crippen LogP contribution in [0, 0.1) is 11.8 Å². The molecule has 0 aromatic heterocycles. The first-order valence-corrected chi connectivity index (χ1v) is 8.31. The molecule has 2 fully saturated rings. The first-order valence-electron chi connectivity index (χ1n) is 8.31. The Labute approximate surface area is 127 Å². The summed E-state index contributed by atoms with van der Waals surface area (Å²) >= 11 is 0. The van der Waals surface area contributed by atoms with Crippen molar-refractivity contribution in [2.75, 3.05) is 0 Å². The number of nitrogens with two attached hydrogens (primary N) is 1. The average molecular weight is 286 g/mol. The second-order valence-electron chi connectivity index (χ2n) is 6.76. The third kappa shape index (κ3) is 3.65. The van der Waals surface area contributed by atoms with Gasteiger partial charge in [-0.1, -0.05) is 36.8 Å². The maximum atomic E-state index is 12.3. The molecular weight excluding hydrogens is 260 g/mol. The molecule has 114 valence electrons. The van der Waals surface area contributed by atoms with Crippen LogP contribution in [-0.4, -0.2) is 18.0 Å². The van der Waals surface area contributed by atoms with Crippen molar-refractivity contribution in [1.82, 2.24) is 5.32 Å². The minimum absolute atomic E-state index is 0.205. The Hall–Kier alpha value is -1.35. The SMILES string of the molecule is NC1CC2CCCC(C1)C2NC(=O)CCc1ccccc1. The number of nitrogens with one attached hydrogen (secondary N) is 1. The average Bonchev–Trinajstić information content (AvgIpc) is 2.47. The van der Waals surface area contributed by atoms with Crippen molar-refractivity contribution in [2.45, 2.75) is 57.0 Å². The molecule has 0 heterocycles. The largest absolute Gasteiger partial charge is 0.353 e. The van der Waals surface area contributed by atoms with Crippen LogP contribution in [0.4, 0.5) is 0 Å². The van der Waals surface area contributed by atoms with Crippen LogP contribution in [0.25, 0.3) is 0 Å². The second-order valence-corrected chi connectivity index (χ2v) is 6.76. The van der Waals surface area contributed by atoms with Crippen LogP contribution in [-0.2, 0) is 11.2 Å². The highest BCUT2D eigenvalue weighted by molar-refractivity contribution is 5.76. The van der Waals surface area contributed by atoms with E-state index in [-0.39, 0.29) is 5.91 Å². The van der Waals surface area contributed by atoms with E-state index >= 15 is 0 Å². The first kappa shape index (κ1) is 14.6. The van der Waals surface area contributed by atoms with Gasteiger partial charge in [-0.25, -0.2) is 0 Å². The fraction of sp³-hybridized carbons (Fsp3) is 0.611. The summed E-state index contributed by atoms with van der Waals surface area (Å²) in [7, 11) is 0. The van der Waals surface area contributed by atoms with Gasteiger partial charge in [0.25, 0.3) is 0 Å². The van der Waals surface area contributed by atoms with Crippen LogP contribution in [0.3, 0.4) is 0 Å². The minimum Gasteiger partial charge on any atom is -0.353 e. The molecule has 2 saturated carbocycles. The zero-order chi connectivity index (χ0) is 14.7. The van der Waals surface area contributed by atoms with Crippen LogP contribution >= 0.6 is 0 Å². The number of amides is 1. The lowest BCUT2D eigenvalue weighted by Gasteiger charge is -2.45. The van der Waals surface area contributed by atoms with Gasteiger partial charge in [-0.2, -0.15) is 0 Å². The summed E-state index contributed by atoms with van der Waals surface area (Å²) in [5.41, 5.74) is 7.37. The Morgan fingerprint density at radius 2 is 1.81 bits per heavy atom. The molecule has 1 aromatic carbocycles. The molecule has 2 aliphatic rings. The molecule has 2 unspecified atom stereocenters. The molecule has 0 saturated heterocycles. The summed E-state index contributed by atoms with van der Waals surface area (Å²) in [6.07, 6.45) is 7.35. The van der Waals surface area contributed by atoms with Gasteiger partial charge in [0.2, 0.25) is 5.91 Å². The predicted octanol–water partition coefficient (Wildman–Crippen LogP) is 2.64. The molecule has 2 aliphatic carbocycles. The van der Waals surface area contributed by atoms with Gasteiger partial charge >= 0.3 is 0 Å². The molecule has 0 spiro atoms. The fourth-order valence-corrected chi connectivity index (χ4v) is 4.19. The second kappa shape index (κ2) is 6.61. The summed E-state index contributed by atoms with van der Waals surface area (Å²) < 4.78 is 0. The van der Waals surface area contributed by atoms with Crippen LogP contribution in [0.5, 0.6) is 0 Å². The van der Waals surface area contributed by atoms with Crippen LogP contribution in [0.1, 0.15) is 44.1 Å². The Morgan fingerprint density at radius 1 is 1.14 bits per heavy atom. The molecule has 1 aromatic rings. The molecule has 3 heteroatoms. The molecular formula is C18H26N2O. The van der Waals surface area contributed by atoms with Gasteiger partial charge < -0.3 is 11.1 Å². The van der Waals surface area contributed by atoms with Crippen molar-refractivity contribution in [3.63, 3.8) is 0 Å². The van der Waals surface area contributed by atoms with Crippen LogP contribution in [0.2, 0.25) is 0 Å². The maximum Gasteiger partial charge on any atom is 0.220 e. The number of hydrogen-bond acceptors (Lipinski definition) is 2. The van der Waals surface area contributed by atoms with Crippen molar-refractivity contribution < 1.29 is 4.79 Å². The number of hydrogen-bond donors (Lipinski definition) is 2. The van der Waals surface area contributed by atoms with Gasteiger partial charge in [0.15, 0.2) is 0 Å². The highest BCUT2D eigenvalue weighted by Crippen LogP contribution is 2.39. The Balaban J connectivity index is 1.52. The lowest BCUT2D eigenvalue weighted by atomic mass is 9.67. The molecule has 3 N–H and O–H groups in total. The highest BCUT2D eigenvalue weighted by atomic mass is 16.1. The van der Waals surface area contributed by atoms with Gasteiger partial charge in [-0.3, -0.25) is 4.79 Å². The highest BCUT2D eigenvalue weighted by Gasteiger charge is 2.39. The predicted molar refractivity (Wildman–Crippen MR) is 84.7 cm³/mol. The van der Waals surface area contributed by atoms with Crippen LogP contribution in [0.15, 0.2) is 30.3 Å². The van der Waals surface area contributed by atoms with Gasteiger partial charge in [-0.05, 0) is 49.5 Å². The summed E-state index contributed by atoms with van der Waals surface area (Å²) in [6, 6.07) is 11.0. The van der Waals surface area contributed by atoms with Crippen molar-refractivity contribution in [1.29, 1.82) is 0 Å². The Bertz CT molecular complexity index is 459. The fourth-order valence-electron chi connectivity index (χ4n) is 4.19. The van der Waals surface area contributed by atoms with E-state index in [1.807, 2.05) is 18.2 Å². The molecule has 1 amide bonds. The standard InChI is InChI=1S/C18H26N2O/c19-16-11-14-7-4-8-15(12-16)18(14)20-17(21)10-9-13-5-2-1-3-6-13/h1-3,5-6,14-16,18H,4,7-12,19H2,(H,20,21). The minimum atomic E-state index is 0.205. The van der Waals surface area contributed by atoms with E-state index in [0.717, 1.165) is 19.3 Å². The maximum absolute atomic E-state index is 12.3. The summed E-state index contributed by atoms with van der Waals surface area (Å²) in [6.45, 7) is 0. The number of rotatable bonds is 4. The summed E-state index contributed by atoms with van der Waals surface area (Å²) in [5, 5.41) is 3.32. The normalized spacial score (nSPS) is 31.7. The first-order chi connectivity index (χ1) is 10.2. The van der Waals surface area contributed by atoms with E-state index in [4.69, 9.17) is 5.73 Å². The Kier molecular flexibility index (Phi) is 4.59. The lowest BCUT2D eigenvalue weighted by molar-refractivity contribution is -0.123. The zero-order valence-electron chi connectivity index (χ0n) is 12.6. The number of benzene rings is 1. The van der Waals surface area contributed by atoms with Crippen molar-refractivity contribution in [3.8, 4) is 0 Å². The summed E-state index contributed by atoms with van der Waals surface area (Å²) in [4.78, 5) is 12.3. The van der Waals surface area contributed by atoms with Crippen LogP contribution < -0.4 is 11.1 Å². The number of carbonyl (C=O) groups is 1. The molecule has 21 heavy (non-hydrogen) atoms. The van der Waals surface area contributed by atoms with E-state index < -0.39 is 0 Å². The van der Waals surface area contributed by atoms with Gasteiger partial charge in [0.1, 0.15) is 0 Å². The van der Waals surface area contributed by atoms with E-state index in [0.29, 0.717) is 30.3 Å². The monoisotopic (exact) mass is 286 g/mol. The van der Waals surface area contributed by atoms with E-state index in [1.54, 1.807) is 0 Å². The quantitative estimate of drug-likeness (QED) is 0.894. The van der Waals surface area contributed by atoms with Gasteiger partial charge in [0, 0.05) is 18.5 Å². The zero-order valence-corrected chi connectivity index (χ0v) is 12.6. The smallest absolute Gasteiger partial charge is 0.220 e. The lowest BCUT2D eigenvalue weighted by Crippen LogP contribution is -2.53. The third-order valence-electron chi connectivity index (χ3n) is 5.19. The molecule has 0 radical (unpaired) electrons. The number of carbonyl (C=O) groups excluding carboxylic acids is 1. The van der Waals surface area contributed by atoms with Gasteiger partial charge in [0.05, 0.1) is 0 Å². The van der Waals surface area contributed by atoms with E-state index in [2.05, 4.69) is 17.4 Å². The van der Waals surface area contributed by atoms with Gasteiger partial charge in [-0.15, -0.1) is 0 Å². The van der Waals surface area contributed by atoms with Crippen molar-refractivity contribution in [2.24, 2.45) is 17.6 Å². The molecule has 3 nitrogen and oxygen atoms in total. The topological polar surface area (TPSA) is 55.1 Å². The molecule has 2 atom stereocenters.